The SMILES string of the molecule is NS(=O)(=O)c1ccc(N2CCOCC2)c(C(=O)NCCC(c2ccccc2)c2ccccc2)c1. The molecule has 1 amide bonds. The zero-order valence-corrected chi connectivity index (χ0v) is 19.7. The molecule has 0 bridgehead atoms. The molecule has 0 aromatic heterocycles. The smallest absolute Gasteiger partial charge is 0.253 e. The predicted octanol–water partition coefficient (Wildman–Crippen LogP) is 3.12. The highest BCUT2D eigenvalue weighted by Gasteiger charge is 2.22. The molecule has 7 nitrogen and oxygen atoms in total. The molecule has 0 radical (unpaired) electrons. The second-order valence-electron chi connectivity index (χ2n) is 8.24. The lowest BCUT2D eigenvalue weighted by atomic mass is 9.88. The summed E-state index contributed by atoms with van der Waals surface area (Å²) in [6.07, 6.45) is 0.696. The molecule has 3 aromatic rings. The molecule has 3 N–H and O–H groups in total. The lowest BCUT2D eigenvalue weighted by molar-refractivity contribution is 0.0951. The molecule has 1 aliphatic heterocycles. The van der Waals surface area contributed by atoms with Crippen molar-refractivity contribution in [3.05, 3.63) is 95.6 Å². The Balaban J connectivity index is 1.54. The van der Waals surface area contributed by atoms with E-state index in [4.69, 9.17) is 9.88 Å². The van der Waals surface area contributed by atoms with Crippen LogP contribution < -0.4 is 15.4 Å². The van der Waals surface area contributed by atoms with Gasteiger partial charge in [0.25, 0.3) is 5.91 Å². The molecular weight excluding hydrogens is 450 g/mol. The van der Waals surface area contributed by atoms with E-state index in [1.165, 1.54) is 23.3 Å². The summed E-state index contributed by atoms with van der Waals surface area (Å²) in [5.74, 6) is -0.205. The molecular formula is C26H29N3O4S. The summed E-state index contributed by atoms with van der Waals surface area (Å²) in [7, 11) is -3.94. The first kappa shape index (κ1) is 23.9. The van der Waals surface area contributed by atoms with E-state index in [0.29, 0.717) is 50.5 Å². The first-order valence-electron chi connectivity index (χ1n) is 11.3. The Bertz CT molecular complexity index is 1170. The molecule has 0 atom stereocenters. The minimum atomic E-state index is -3.94. The summed E-state index contributed by atoms with van der Waals surface area (Å²) in [5, 5.41) is 8.32. The van der Waals surface area contributed by atoms with Gasteiger partial charge in [0.1, 0.15) is 0 Å². The van der Waals surface area contributed by atoms with Crippen LogP contribution in [-0.2, 0) is 14.8 Å². The van der Waals surface area contributed by atoms with Crippen LogP contribution in [0.3, 0.4) is 0 Å². The largest absolute Gasteiger partial charge is 0.378 e. The third kappa shape index (κ3) is 5.83. The van der Waals surface area contributed by atoms with E-state index in [2.05, 4.69) is 29.6 Å². The molecule has 0 spiro atoms. The number of carbonyl (C=O) groups excluding carboxylic acids is 1. The summed E-state index contributed by atoms with van der Waals surface area (Å²) in [4.78, 5) is 15.2. The number of primary sulfonamides is 1. The average molecular weight is 480 g/mol. The highest BCUT2D eigenvalue weighted by Crippen LogP contribution is 2.28. The quantitative estimate of drug-likeness (QED) is 0.517. The Labute approximate surface area is 200 Å². The first-order chi connectivity index (χ1) is 16.4. The lowest BCUT2D eigenvalue weighted by Crippen LogP contribution is -2.38. The zero-order chi connectivity index (χ0) is 24.0. The maximum atomic E-state index is 13.2. The molecule has 0 saturated carbocycles. The van der Waals surface area contributed by atoms with Gasteiger partial charge in [0, 0.05) is 31.2 Å². The van der Waals surface area contributed by atoms with Crippen LogP contribution >= 0.6 is 0 Å². The number of nitrogens with one attached hydrogen (secondary N) is 1. The van der Waals surface area contributed by atoms with Gasteiger partial charge in [0.2, 0.25) is 10.0 Å². The number of rotatable bonds is 8. The molecule has 4 rings (SSSR count). The summed E-state index contributed by atoms with van der Waals surface area (Å²) in [5.41, 5.74) is 3.32. The monoisotopic (exact) mass is 479 g/mol. The Kier molecular flexibility index (Phi) is 7.62. The van der Waals surface area contributed by atoms with E-state index in [9.17, 15) is 13.2 Å². The summed E-state index contributed by atoms with van der Waals surface area (Å²) in [6, 6.07) is 24.8. The number of morpholine rings is 1. The van der Waals surface area contributed by atoms with E-state index >= 15 is 0 Å². The van der Waals surface area contributed by atoms with E-state index in [-0.39, 0.29) is 16.7 Å². The Morgan fingerprint density at radius 1 is 0.941 bits per heavy atom. The number of nitrogens with two attached hydrogens (primary N) is 1. The van der Waals surface area contributed by atoms with E-state index in [0.717, 1.165) is 0 Å². The molecule has 178 valence electrons. The van der Waals surface area contributed by atoms with Gasteiger partial charge >= 0.3 is 0 Å². The van der Waals surface area contributed by atoms with E-state index in [1.807, 2.05) is 41.3 Å². The van der Waals surface area contributed by atoms with Crippen molar-refractivity contribution in [1.82, 2.24) is 5.32 Å². The van der Waals surface area contributed by atoms with Gasteiger partial charge in [-0.3, -0.25) is 4.79 Å². The Morgan fingerprint density at radius 2 is 1.53 bits per heavy atom. The third-order valence-electron chi connectivity index (χ3n) is 6.02. The molecule has 1 fully saturated rings. The van der Waals surface area contributed by atoms with Gasteiger partial charge in [0.15, 0.2) is 0 Å². The van der Waals surface area contributed by atoms with Gasteiger partial charge in [-0.1, -0.05) is 60.7 Å². The summed E-state index contributed by atoms with van der Waals surface area (Å²) >= 11 is 0. The topological polar surface area (TPSA) is 102 Å². The van der Waals surface area contributed by atoms with Crippen LogP contribution in [0, 0.1) is 0 Å². The lowest BCUT2D eigenvalue weighted by Gasteiger charge is -2.30. The molecule has 34 heavy (non-hydrogen) atoms. The second-order valence-corrected chi connectivity index (χ2v) is 9.80. The first-order valence-corrected chi connectivity index (χ1v) is 12.9. The predicted molar refractivity (Wildman–Crippen MR) is 133 cm³/mol. The fourth-order valence-corrected chi connectivity index (χ4v) is 4.82. The minimum Gasteiger partial charge on any atom is -0.378 e. The van der Waals surface area contributed by atoms with Gasteiger partial charge in [-0.15, -0.1) is 0 Å². The van der Waals surface area contributed by atoms with Gasteiger partial charge in [-0.25, -0.2) is 13.6 Å². The number of hydrogen-bond acceptors (Lipinski definition) is 5. The maximum absolute atomic E-state index is 13.2. The molecule has 0 unspecified atom stereocenters. The van der Waals surface area contributed by atoms with Crippen molar-refractivity contribution in [2.45, 2.75) is 17.2 Å². The van der Waals surface area contributed by atoms with Crippen molar-refractivity contribution in [3.63, 3.8) is 0 Å². The third-order valence-corrected chi connectivity index (χ3v) is 6.93. The van der Waals surface area contributed by atoms with Crippen molar-refractivity contribution in [2.24, 2.45) is 5.14 Å². The number of anilines is 1. The van der Waals surface area contributed by atoms with Crippen molar-refractivity contribution in [2.75, 3.05) is 37.7 Å². The number of benzene rings is 3. The van der Waals surface area contributed by atoms with E-state index in [1.54, 1.807) is 6.07 Å². The number of amides is 1. The Morgan fingerprint density at radius 3 is 2.09 bits per heavy atom. The highest BCUT2D eigenvalue weighted by atomic mass is 32.2. The number of nitrogens with zero attached hydrogens (tertiary/aromatic N) is 1. The van der Waals surface area contributed by atoms with Crippen LogP contribution in [0.1, 0.15) is 33.8 Å². The number of sulfonamides is 1. The van der Waals surface area contributed by atoms with E-state index < -0.39 is 10.0 Å². The van der Waals surface area contributed by atoms with Crippen LogP contribution in [0.2, 0.25) is 0 Å². The standard InChI is InChI=1S/C26H29N3O4S/c27-34(31,32)22-11-12-25(29-15-17-33-18-16-29)24(19-22)26(30)28-14-13-23(20-7-3-1-4-8-20)21-9-5-2-6-10-21/h1-12,19,23H,13-18H2,(H,28,30)(H2,27,31,32). The van der Waals surface area contributed by atoms with Crippen LogP contribution in [0.4, 0.5) is 5.69 Å². The molecule has 3 aromatic carbocycles. The van der Waals surface area contributed by atoms with Crippen LogP contribution in [0.25, 0.3) is 0 Å². The average Bonchev–Trinajstić information content (AvgIpc) is 2.87. The molecule has 0 aliphatic carbocycles. The van der Waals surface area contributed by atoms with Crippen LogP contribution in [0.15, 0.2) is 83.8 Å². The fraction of sp³-hybridized carbons (Fsp3) is 0.269. The van der Waals surface area contributed by atoms with Crippen molar-refractivity contribution in [3.8, 4) is 0 Å². The zero-order valence-electron chi connectivity index (χ0n) is 18.9. The van der Waals surface area contributed by atoms with Gasteiger partial charge in [-0.05, 0) is 35.7 Å². The number of carbonyl (C=O) groups is 1. The van der Waals surface area contributed by atoms with Crippen molar-refractivity contribution < 1.29 is 17.9 Å². The summed E-state index contributed by atoms with van der Waals surface area (Å²) < 4.78 is 29.3. The van der Waals surface area contributed by atoms with Gasteiger partial charge < -0.3 is 15.0 Å². The maximum Gasteiger partial charge on any atom is 0.253 e. The number of hydrogen-bond donors (Lipinski definition) is 2. The highest BCUT2D eigenvalue weighted by molar-refractivity contribution is 7.89. The molecule has 8 heteroatoms. The van der Waals surface area contributed by atoms with Crippen LogP contribution in [-0.4, -0.2) is 47.2 Å². The molecule has 1 aliphatic rings. The normalized spacial score (nSPS) is 14.2. The summed E-state index contributed by atoms with van der Waals surface area (Å²) in [6.45, 7) is 2.77. The van der Waals surface area contributed by atoms with Gasteiger partial charge in [-0.2, -0.15) is 0 Å². The Hall–Kier alpha value is -3.20. The fourth-order valence-electron chi connectivity index (χ4n) is 4.28. The molecule has 1 saturated heterocycles. The molecule has 1 heterocycles. The number of ether oxygens (including phenoxy) is 1. The van der Waals surface area contributed by atoms with Crippen molar-refractivity contribution >= 4 is 21.6 Å². The van der Waals surface area contributed by atoms with Crippen LogP contribution in [0.5, 0.6) is 0 Å². The van der Waals surface area contributed by atoms with Crippen molar-refractivity contribution in [1.29, 1.82) is 0 Å². The minimum absolute atomic E-state index is 0.0823. The van der Waals surface area contributed by atoms with Gasteiger partial charge in [0.05, 0.1) is 23.7 Å². The second kappa shape index (κ2) is 10.8.